The first kappa shape index (κ1) is 24.4. The minimum atomic E-state index is -3.87. The van der Waals surface area contributed by atoms with E-state index >= 15 is 0 Å². The molecule has 1 saturated heterocycles. The number of nitrogens with zero attached hydrogens (tertiary/aromatic N) is 2. The van der Waals surface area contributed by atoms with Crippen LogP contribution in [0.2, 0.25) is 5.02 Å². The van der Waals surface area contributed by atoms with Gasteiger partial charge >= 0.3 is 5.97 Å². The highest BCUT2D eigenvalue weighted by atomic mass is 35.5. The molecule has 180 valence electrons. The van der Waals surface area contributed by atoms with Gasteiger partial charge in [0, 0.05) is 42.7 Å². The molecule has 0 amide bonds. The molecule has 1 fully saturated rings. The Labute approximate surface area is 204 Å². The number of carboxylic acids is 1. The number of nitrogens with one attached hydrogen (secondary N) is 2. The summed E-state index contributed by atoms with van der Waals surface area (Å²) in [5.74, 6) is -0.770. The Bertz CT molecular complexity index is 1250. The first-order valence-corrected chi connectivity index (χ1v) is 13.0. The molecule has 34 heavy (non-hydrogen) atoms. The Morgan fingerprint density at radius 2 is 1.76 bits per heavy atom. The molecule has 0 saturated carbocycles. The highest BCUT2D eigenvalue weighted by molar-refractivity contribution is 7.89. The van der Waals surface area contributed by atoms with Crippen LogP contribution in [0.15, 0.2) is 65.8 Å². The molecular weight excluding hydrogens is 476 g/mol. The van der Waals surface area contributed by atoms with Gasteiger partial charge in [0.05, 0.1) is 4.90 Å². The van der Waals surface area contributed by atoms with Crippen molar-refractivity contribution in [3.63, 3.8) is 0 Å². The van der Waals surface area contributed by atoms with Gasteiger partial charge in [0.15, 0.2) is 0 Å². The molecule has 0 aliphatic carbocycles. The second-order valence-electron chi connectivity index (χ2n) is 8.44. The van der Waals surface area contributed by atoms with Crippen LogP contribution in [-0.4, -0.2) is 56.7 Å². The van der Waals surface area contributed by atoms with Crippen molar-refractivity contribution in [1.82, 2.24) is 15.0 Å². The zero-order chi connectivity index (χ0) is 24.1. The summed E-state index contributed by atoms with van der Waals surface area (Å²) < 4.78 is 28.0. The highest BCUT2D eigenvalue weighted by Crippen LogP contribution is 2.23. The van der Waals surface area contributed by atoms with E-state index < -0.39 is 22.0 Å². The number of fused-ring (bicyclic) bond motifs is 1. The van der Waals surface area contributed by atoms with Crippen LogP contribution in [0.25, 0.3) is 10.8 Å². The maximum atomic E-state index is 12.8. The minimum absolute atomic E-state index is 0.0787. The molecule has 1 aliphatic heterocycles. The molecule has 0 bridgehead atoms. The van der Waals surface area contributed by atoms with Crippen LogP contribution in [0.4, 0.5) is 5.69 Å². The lowest BCUT2D eigenvalue weighted by Gasteiger charge is -2.34. The SMILES string of the molecule is O=C(O)[C@@H](CNS(=O)(=O)c1ccc2cc(Cl)ccc2c1)NCC1CCN(c2ccncc2)CC1. The number of anilines is 1. The molecule has 3 aromatic rings. The molecule has 2 heterocycles. The molecular formula is C24H27ClN4O4S. The van der Waals surface area contributed by atoms with Crippen LogP contribution in [0.5, 0.6) is 0 Å². The fourth-order valence-corrected chi connectivity index (χ4v) is 5.41. The van der Waals surface area contributed by atoms with E-state index in [0.717, 1.165) is 42.4 Å². The standard InChI is InChI=1S/C24H27ClN4O4S/c25-20-3-1-19-14-22(4-2-18(19)13-20)34(32,33)28-16-23(24(30)31)27-15-17-7-11-29(12-8-17)21-5-9-26-10-6-21/h1-6,9-10,13-14,17,23,27-28H,7-8,11-12,15-16H2,(H,30,31)/t23-/m1/s1. The number of halogens is 1. The Hall–Kier alpha value is -2.72. The number of aromatic nitrogens is 1. The summed E-state index contributed by atoms with van der Waals surface area (Å²) >= 11 is 5.99. The maximum Gasteiger partial charge on any atom is 0.322 e. The van der Waals surface area contributed by atoms with Crippen LogP contribution < -0.4 is 14.9 Å². The molecule has 10 heteroatoms. The average molecular weight is 503 g/mol. The monoisotopic (exact) mass is 502 g/mol. The first-order chi connectivity index (χ1) is 16.3. The van der Waals surface area contributed by atoms with Gasteiger partial charge in [-0.3, -0.25) is 9.78 Å². The zero-order valence-corrected chi connectivity index (χ0v) is 20.1. The molecule has 0 unspecified atom stereocenters. The van der Waals surface area contributed by atoms with Crippen molar-refractivity contribution < 1.29 is 18.3 Å². The van der Waals surface area contributed by atoms with E-state index in [1.807, 2.05) is 12.1 Å². The highest BCUT2D eigenvalue weighted by Gasteiger charge is 2.25. The van der Waals surface area contributed by atoms with E-state index in [0.29, 0.717) is 17.5 Å². The van der Waals surface area contributed by atoms with Gasteiger partial charge in [0.1, 0.15) is 6.04 Å². The van der Waals surface area contributed by atoms with Crippen molar-refractivity contribution in [3.05, 3.63) is 65.9 Å². The Balaban J connectivity index is 1.31. The second kappa shape index (κ2) is 10.7. The van der Waals surface area contributed by atoms with Crippen LogP contribution in [0.3, 0.4) is 0 Å². The van der Waals surface area contributed by atoms with E-state index in [4.69, 9.17) is 11.6 Å². The number of benzene rings is 2. The number of sulfonamides is 1. The molecule has 0 spiro atoms. The molecule has 0 radical (unpaired) electrons. The van der Waals surface area contributed by atoms with Gasteiger partial charge in [0.25, 0.3) is 0 Å². The summed E-state index contributed by atoms with van der Waals surface area (Å²) in [5.41, 5.74) is 1.14. The van der Waals surface area contributed by atoms with Crippen LogP contribution in [0.1, 0.15) is 12.8 Å². The summed E-state index contributed by atoms with van der Waals surface area (Å²) in [5, 5.41) is 14.8. The number of hydrogen-bond donors (Lipinski definition) is 3. The predicted octanol–water partition coefficient (Wildman–Crippen LogP) is 3.13. The van der Waals surface area contributed by atoms with Gasteiger partial charge in [-0.15, -0.1) is 0 Å². The Kier molecular flexibility index (Phi) is 7.67. The largest absolute Gasteiger partial charge is 0.480 e. The summed E-state index contributed by atoms with van der Waals surface area (Å²) in [6.07, 6.45) is 5.40. The van der Waals surface area contributed by atoms with Gasteiger partial charge in [0.2, 0.25) is 10.0 Å². The number of pyridine rings is 1. The molecule has 1 aliphatic rings. The number of piperidine rings is 1. The second-order valence-corrected chi connectivity index (χ2v) is 10.6. The summed E-state index contributed by atoms with van der Waals surface area (Å²) in [6, 6.07) is 12.9. The van der Waals surface area contributed by atoms with Gasteiger partial charge < -0.3 is 15.3 Å². The van der Waals surface area contributed by atoms with E-state index in [9.17, 15) is 18.3 Å². The van der Waals surface area contributed by atoms with Crippen molar-refractivity contribution in [1.29, 1.82) is 0 Å². The number of rotatable bonds is 9. The Morgan fingerprint density at radius 3 is 2.47 bits per heavy atom. The van der Waals surface area contributed by atoms with Crippen molar-refractivity contribution in [2.75, 3.05) is 31.1 Å². The topological polar surface area (TPSA) is 112 Å². The average Bonchev–Trinajstić information content (AvgIpc) is 2.84. The molecule has 8 nitrogen and oxygen atoms in total. The molecule has 1 atom stereocenters. The van der Waals surface area contributed by atoms with Crippen molar-refractivity contribution >= 4 is 44.1 Å². The summed E-state index contributed by atoms with van der Waals surface area (Å²) in [4.78, 5) is 18.2. The molecule has 3 N–H and O–H groups in total. The van der Waals surface area contributed by atoms with E-state index in [-0.39, 0.29) is 11.4 Å². The summed E-state index contributed by atoms with van der Waals surface area (Å²) in [7, 11) is -3.87. The first-order valence-electron chi connectivity index (χ1n) is 11.1. The number of carboxylic acid groups (broad SMARTS) is 1. The fourth-order valence-electron chi connectivity index (χ4n) is 4.14. The lowest BCUT2D eigenvalue weighted by Crippen LogP contribution is -2.48. The van der Waals surface area contributed by atoms with Crippen molar-refractivity contribution in [3.8, 4) is 0 Å². The van der Waals surface area contributed by atoms with Crippen molar-refractivity contribution in [2.24, 2.45) is 5.92 Å². The number of hydrogen-bond acceptors (Lipinski definition) is 6. The lowest BCUT2D eigenvalue weighted by molar-refractivity contribution is -0.139. The molecule has 1 aromatic heterocycles. The normalized spacial score (nSPS) is 16.0. The van der Waals surface area contributed by atoms with E-state index in [2.05, 4.69) is 19.9 Å². The Morgan fingerprint density at radius 1 is 1.09 bits per heavy atom. The summed E-state index contributed by atoms with van der Waals surface area (Å²) in [6.45, 7) is 2.04. The van der Waals surface area contributed by atoms with Gasteiger partial charge in [-0.2, -0.15) is 0 Å². The van der Waals surface area contributed by atoms with Crippen LogP contribution in [-0.2, 0) is 14.8 Å². The van der Waals surface area contributed by atoms with Gasteiger partial charge in [-0.25, -0.2) is 13.1 Å². The van der Waals surface area contributed by atoms with Gasteiger partial charge in [-0.1, -0.05) is 23.7 Å². The van der Waals surface area contributed by atoms with Gasteiger partial charge in [-0.05, 0) is 72.5 Å². The molecule has 4 rings (SSSR count). The quantitative estimate of drug-likeness (QED) is 0.412. The van der Waals surface area contributed by atoms with E-state index in [1.54, 1.807) is 42.7 Å². The zero-order valence-electron chi connectivity index (χ0n) is 18.5. The van der Waals surface area contributed by atoms with E-state index in [1.165, 1.54) is 6.07 Å². The van der Waals surface area contributed by atoms with Crippen molar-refractivity contribution in [2.45, 2.75) is 23.8 Å². The smallest absolute Gasteiger partial charge is 0.322 e. The third-order valence-electron chi connectivity index (χ3n) is 6.15. The number of carbonyl (C=O) groups is 1. The number of aliphatic carboxylic acids is 1. The van der Waals surface area contributed by atoms with Crippen LogP contribution in [0, 0.1) is 5.92 Å². The maximum absolute atomic E-state index is 12.8. The molecule has 2 aromatic carbocycles. The van der Waals surface area contributed by atoms with Crippen LogP contribution >= 0.6 is 11.6 Å². The predicted molar refractivity (Wildman–Crippen MR) is 133 cm³/mol. The third kappa shape index (κ3) is 6.04. The lowest BCUT2D eigenvalue weighted by atomic mass is 9.96. The fraction of sp³-hybridized carbons (Fsp3) is 0.333. The minimum Gasteiger partial charge on any atom is -0.480 e. The third-order valence-corrected chi connectivity index (χ3v) is 7.81.